The Morgan fingerprint density at radius 3 is 2.37 bits per heavy atom. The summed E-state index contributed by atoms with van der Waals surface area (Å²) >= 11 is 0. The van der Waals surface area contributed by atoms with Crippen LogP contribution in [0.2, 0.25) is 0 Å². The number of allylic oxidation sites excluding steroid dienone is 2. The molecule has 0 saturated carbocycles. The Morgan fingerprint density at radius 1 is 1.09 bits per heavy atom. The van der Waals surface area contributed by atoms with Crippen LogP contribution in [0.4, 0.5) is 5.69 Å². The van der Waals surface area contributed by atoms with Crippen LogP contribution in [-0.2, 0) is 33.8 Å². The standard InChI is InChI=1S/C31H33N3O9/c1-34(2)20-10-17(13-33-12-14-4-6-15(7-5-14)30(41)43-3)25(36)23-19(20)9-16-8-18-11-21(35)24(29(32)40)28(39)31(18,42)27(38)22(16)26(23)37/h4-7,10,16,18,33,35-36,38,42H,8-9,11-13H2,1-3H3,(H2,32,40)/t16?,18?,31-/m0/s1. The molecule has 43 heavy (non-hydrogen) atoms. The number of methoxy groups -OCH3 is 1. The lowest BCUT2D eigenvalue weighted by molar-refractivity contribution is -0.144. The van der Waals surface area contributed by atoms with Gasteiger partial charge in [-0.3, -0.25) is 14.4 Å². The average molecular weight is 592 g/mol. The highest BCUT2D eigenvalue weighted by atomic mass is 16.5. The number of aliphatic hydroxyl groups excluding tert-OH is 2. The number of phenols is 1. The fourth-order valence-electron chi connectivity index (χ4n) is 6.47. The number of ketones is 2. The molecule has 0 bridgehead atoms. The van der Waals surface area contributed by atoms with E-state index in [2.05, 4.69) is 5.32 Å². The molecular weight excluding hydrogens is 558 g/mol. The summed E-state index contributed by atoms with van der Waals surface area (Å²) in [6.07, 6.45) is 0.00154. The van der Waals surface area contributed by atoms with E-state index in [9.17, 15) is 39.6 Å². The number of nitrogens with one attached hydrogen (secondary N) is 1. The average Bonchev–Trinajstić information content (AvgIpc) is 2.95. The molecule has 5 rings (SSSR count). The van der Waals surface area contributed by atoms with Crippen molar-refractivity contribution in [3.05, 3.63) is 80.8 Å². The molecule has 0 aliphatic heterocycles. The number of phenolic OH excluding ortho intramolecular Hbond substituents is 1. The molecule has 3 aliphatic rings. The van der Waals surface area contributed by atoms with Crippen molar-refractivity contribution in [2.45, 2.75) is 38.0 Å². The van der Waals surface area contributed by atoms with Gasteiger partial charge in [-0.25, -0.2) is 4.79 Å². The van der Waals surface area contributed by atoms with E-state index in [0.717, 1.165) is 5.56 Å². The van der Waals surface area contributed by atoms with Gasteiger partial charge in [-0.05, 0) is 48.1 Å². The summed E-state index contributed by atoms with van der Waals surface area (Å²) < 4.78 is 4.71. The Labute approximate surface area is 247 Å². The second-order valence-electron chi connectivity index (χ2n) is 11.4. The van der Waals surface area contributed by atoms with Gasteiger partial charge in [0.1, 0.15) is 22.8 Å². The number of Topliss-reactive ketones (excluding diaryl/α,β-unsaturated/α-hetero) is 2. The Kier molecular flexibility index (Phi) is 7.53. The van der Waals surface area contributed by atoms with Crippen LogP contribution in [-0.4, -0.2) is 70.7 Å². The molecule has 0 fully saturated rings. The smallest absolute Gasteiger partial charge is 0.337 e. The van der Waals surface area contributed by atoms with Gasteiger partial charge in [0.25, 0.3) is 5.91 Å². The number of amides is 1. The molecule has 0 radical (unpaired) electrons. The number of hydrogen-bond acceptors (Lipinski definition) is 11. The summed E-state index contributed by atoms with van der Waals surface area (Å²) in [5.74, 6) is -7.03. The van der Waals surface area contributed by atoms with Crippen molar-refractivity contribution in [2.75, 3.05) is 26.1 Å². The quantitative estimate of drug-likeness (QED) is 0.202. The number of nitrogens with two attached hydrogens (primary N) is 1. The fourth-order valence-corrected chi connectivity index (χ4v) is 6.47. The summed E-state index contributed by atoms with van der Waals surface area (Å²) in [5, 5.41) is 47.6. The third-order valence-electron chi connectivity index (χ3n) is 8.62. The van der Waals surface area contributed by atoms with E-state index < -0.39 is 58.0 Å². The number of aromatic hydroxyl groups is 1. The molecule has 0 saturated heterocycles. The van der Waals surface area contributed by atoms with Crippen LogP contribution in [0.1, 0.15) is 50.2 Å². The lowest BCUT2D eigenvalue weighted by Gasteiger charge is -2.46. The van der Waals surface area contributed by atoms with Crippen molar-refractivity contribution < 1.29 is 44.3 Å². The van der Waals surface area contributed by atoms with E-state index in [4.69, 9.17) is 10.5 Å². The minimum atomic E-state index is -2.61. The monoisotopic (exact) mass is 591 g/mol. The highest BCUT2D eigenvalue weighted by Gasteiger charge is 2.59. The van der Waals surface area contributed by atoms with E-state index in [-0.39, 0.29) is 42.7 Å². The van der Waals surface area contributed by atoms with E-state index >= 15 is 0 Å². The topological polar surface area (TPSA) is 200 Å². The van der Waals surface area contributed by atoms with Gasteiger partial charge in [0.05, 0.1) is 18.2 Å². The fraction of sp³-hybridized carbons (Fsp3) is 0.355. The van der Waals surface area contributed by atoms with Crippen molar-refractivity contribution in [1.29, 1.82) is 0 Å². The van der Waals surface area contributed by atoms with E-state index in [1.807, 2.05) is 4.90 Å². The number of rotatable bonds is 7. The highest BCUT2D eigenvalue weighted by molar-refractivity contribution is 6.24. The Bertz CT molecular complexity index is 1620. The van der Waals surface area contributed by atoms with Crippen LogP contribution in [0.5, 0.6) is 5.75 Å². The molecule has 0 heterocycles. The number of esters is 1. The lowest BCUT2D eigenvalue weighted by Crippen LogP contribution is -2.57. The van der Waals surface area contributed by atoms with Crippen molar-refractivity contribution in [2.24, 2.45) is 17.6 Å². The number of fused-ring (bicyclic) bond motifs is 3. The minimum Gasteiger partial charge on any atom is -0.511 e. The van der Waals surface area contributed by atoms with Crippen molar-refractivity contribution in [1.82, 2.24) is 5.32 Å². The molecule has 226 valence electrons. The number of carbonyl (C=O) groups is 4. The maximum absolute atomic E-state index is 14.0. The van der Waals surface area contributed by atoms with Crippen LogP contribution in [0.25, 0.3) is 0 Å². The first-order chi connectivity index (χ1) is 20.3. The predicted octanol–water partition coefficient (Wildman–Crippen LogP) is 1.72. The molecule has 3 atom stereocenters. The number of aliphatic hydroxyl groups is 3. The van der Waals surface area contributed by atoms with Crippen LogP contribution in [0.15, 0.2) is 53.0 Å². The lowest BCUT2D eigenvalue weighted by atomic mass is 9.60. The van der Waals surface area contributed by atoms with Crippen LogP contribution in [0, 0.1) is 11.8 Å². The molecule has 2 aromatic carbocycles. The van der Waals surface area contributed by atoms with Gasteiger partial charge in [0, 0.05) is 56.3 Å². The minimum absolute atomic E-state index is 0.0398. The number of primary amides is 1. The molecule has 12 nitrogen and oxygen atoms in total. The molecule has 3 aliphatic carbocycles. The van der Waals surface area contributed by atoms with Gasteiger partial charge in [0.15, 0.2) is 11.4 Å². The van der Waals surface area contributed by atoms with Gasteiger partial charge in [-0.1, -0.05) is 12.1 Å². The first-order valence-corrected chi connectivity index (χ1v) is 13.7. The van der Waals surface area contributed by atoms with Crippen LogP contribution < -0.4 is 16.0 Å². The van der Waals surface area contributed by atoms with Gasteiger partial charge in [-0.15, -0.1) is 0 Å². The largest absolute Gasteiger partial charge is 0.511 e. The Hall–Kier alpha value is -4.68. The number of benzene rings is 2. The summed E-state index contributed by atoms with van der Waals surface area (Å²) in [5.41, 5.74) is 4.52. The summed E-state index contributed by atoms with van der Waals surface area (Å²) in [6, 6.07) is 8.59. The normalized spacial score (nSPS) is 23.0. The number of anilines is 1. The molecule has 0 aromatic heterocycles. The van der Waals surface area contributed by atoms with Crippen LogP contribution in [0.3, 0.4) is 0 Å². The molecule has 12 heteroatoms. The summed E-state index contributed by atoms with van der Waals surface area (Å²) in [6.45, 7) is 0.549. The first-order valence-electron chi connectivity index (χ1n) is 13.7. The third kappa shape index (κ3) is 4.72. The highest BCUT2D eigenvalue weighted by Crippen LogP contribution is 2.52. The molecular formula is C31H33N3O9. The van der Waals surface area contributed by atoms with E-state index in [1.54, 1.807) is 44.4 Å². The Morgan fingerprint density at radius 2 is 1.77 bits per heavy atom. The molecule has 2 aromatic rings. The Balaban J connectivity index is 1.49. The zero-order chi connectivity index (χ0) is 31.4. The molecule has 7 N–H and O–H groups in total. The second kappa shape index (κ2) is 10.9. The van der Waals surface area contributed by atoms with Gasteiger partial charge >= 0.3 is 5.97 Å². The first kappa shape index (κ1) is 29.8. The summed E-state index contributed by atoms with van der Waals surface area (Å²) in [4.78, 5) is 52.5. The third-order valence-corrected chi connectivity index (χ3v) is 8.62. The predicted molar refractivity (Wildman–Crippen MR) is 153 cm³/mol. The maximum atomic E-state index is 14.0. The van der Waals surface area contributed by atoms with Gasteiger partial charge < -0.3 is 41.1 Å². The zero-order valence-corrected chi connectivity index (χ0v) is 23.9. The summed E-state index contributed by atoms with van der Waals surface area (Å²) in [7, 11) is 4.90. The zero-order valence-electron chi connectivity index (χ0n) is 23.9. The number of carbonyl (C=O) groups excluding carboxylic acids is 4. The number of ether oxygens (including phenoxy) is 1. The van der Waals surface area contributed by atoms with Gasteiger partial charge in [0.2, 0.25) is 5.78 Å². The maximum Gasteiger partial charge on any atom is 0.337 e. The SMILES string of the molecule is COC(=O)c1ccc(CNCc2cc(N(C)C)c3c(c2O)C(=O)C2=C(O)[C@]4(O)C(=O)C(C(N)=O)=C(O)CC4CC2C3)cc1. The second-order valence-corrected chi connectivity index (χ2v) is 11.4. The number of nitrogens with zero attached hydrogens (tertiary/aromatic N) is 1. The molecule has 0 spiro atoms. The van der Waals surface area contributed by atoms with Crippen molar-refractivity contribution in [3.63, 3.8) is 0 Å². The molecule has 2 unspecified atom stereocenters. The number of hydrogen-bond donors (Lipinski definition) is 6. The molecule has 1 amide bonds. The van der Waals surface area contributed by atoms with Crippen LogP contribution >= 0.6 is 0 Å². The van der Waals surface area contributed by atoms with E-state index in [1.165, 1.54) is 7.11 Å². The van der Waals surface area contributed by atoms with Crippen molar-refractivity contribution >= 4 is 29.1 Å². The van der Waals surface area contributed by atoms with Gasteiger partial charge in [-0.2, -0.15) is 0 Å². The van der Waals surface area contributed by atoms with E-state index in [0.29, 0.717) is 28.9 Å². The van der Waals surface area contributed by atoms with Crippen molar-refractivity contribution in [3.8, 4) is 5.75 Å².